The summed E-state index contributed by atoms with van der Waals surface area (Å²) in [6, 6.07) is 3.20. The van der Waals surface area contributed by atoms with Gasteiger partial charge in [0.05, 0.1) is 17.1 Å². The van der Waals surface area contributed by atoms with E-state index in [0.717, 1.165) is 0 Å². The molecule has 0 saturated carbocycles. The Hall–Kier alpha value is -0.900. The van der Waals surface area contributed by atoms with Crippen molar-refractivity contribution >= 4 is 21.9 Å². The van der Waals surface area contributed by atoms with Gasteiger partial charge in [0, 0.05) is 0 Å². The summed E-state index contributed by atoms with van der Waals surface area (Å²) in [5.41, 5.74) is 0.546. The van der Waals surface area contributed by atoms with Gasteiger partial charge < -0.3 is 4.74 Å². The second-order valence-electron chi connectivity index (χ2n) is 2.54. The molecule has 1 aromatic rings. The van der Waals surface area contributed by atoms with Crippen molar-refractivity contribution in [1.29, 1.82) is 0 Å². The van der Waals surface area contributed by atoms with Crippen molar-refractivity contribution in [2.75, 3.05) is 7.11 Å². The SMILES string of the molecule is COC(=O)c1c(C)ccc(Br)c1F. The van der Waals surface area contributed by atoms with Crippen molar-refractivity contribution in [3.8, 4) is 0 Å². The molecule has 1 rings (SSSR count). The number of halogens is 2. The molecule has 0 heterocycles. The minimum atomic E-state index is -0.656. The summed E-state index contributed by atoms with van der Waals surface area (Å²) in [5.74, 6) is -1.23. The van der Waals surface area contributed by atoms with E-state index >= 15 is 0 Å². The molecule has 0 aliphatic carbocycles. The topological polar surface area (TPSA) is 26.3 Å². The minimum absolute atomic E-state index is 0.0168. The highest BCUT2D eigenvalue weighted by atomic mass is 79.9. The molecule has 4 heteroatoms. The van der Waals surface area contributed by atoms with Crippen LogP contribution < -0.4 is 0 Å². The first-order valence-corrected chi connectivity index (χ1v) is 4.40. The van der Waals surface area contributed by atoms with Gasteiger partial charge in [0.1, 0.15) is 0 Å². The zero-order chi connectivity index (χ0) is 10.0. The van der Waals surface area contributed by atoms with E-state index in [1.54, 1.807) is 19.1 Å². The van der Waals surface area contributed by atoms with Crippen LogP contribution in [0.4, 0.5) is 4.39 Å². The van der Waals surface area contributed by atoms with E-state index in [1.165, 1.54) is 7.11 Å². The molecule has 70 valence electrons. The number of esters is 1. The van der Waals surface area contributed by atoms with Gasteiger partial charge in [-0.15, -0.1) is 0 Å². The van der Waals surface area contributed by atoms with E-state index in [2.05, 4.69) is 20.7 Å². The van der Waals surface area contributed by atoms with Crippen molar-refractivity contribution in [1.82, 2.24) is 0 Å². The van der Waals surface area contributed by atoms with Crippen LogP contribution in [0.1, 0.15) is 15.9 Å². The van der Waals surface area contributed by atoms with Gasteiger partial charge in [0.15, 0.2) is 5.82 Å². The fourth-order valence-electron chi connectivity index (χ4n) is 1.000. The van der Waals surface area contributed by atoms with Crippen LogP contribution in [0.15, 0.2) is 16.6 Å². The standard InChI is InChI=1S/C9H8BrFO2/c1-5-3-4-6(10)8(11)7(5)9(12)13-2/h3-4H,1-2H3. The Balaban J connectivity index is 3.33. The summed E-state index contributed by atoms with van der Waals surface area (Å²) >= 11 is 2.99. The number of aryl methyl sites for hydroxylation is 1. The highest BCUT2D eigenvalue weighted by molar-refractivity contribution is 9.10. The summed E-state index contributed by atoms with van der Waals surface area (Å²) in [6.45, 7) is 1.65. The van der Waals surface area contributed by atoms with Gasteiger partial charge in [-0.1, -0.05) is 6.07 Å². The summed E-state index contributed by atoms with van der Waals surface area (Å²) in [6.07, 6.45) is 0. The van der Waals surface area contributed by atoms with Crippen LogP contribution in [-0.2, 0) is 4.74 Å². The molecule has 0 bridgehead atoms. The van der Waals surface area contributed by atoms with Crippen LogP contribution in [0, 0.1) is 12.7 Å². The number of carbonyl (C=O) groups excluding carboxylic acids is 1. The van der Waals surface area contributed by atoms with Gasteiger partial charge in [-0.25, -0.2) is 9.18 Å². The van der Waals surface area contributed by atoms with Crippen LogP contribution >= 0.6 is 15.9 Å². The molecular formula is C9H8BrFO2. The lowest BCUT2D eigenvalue weighted by atomic mass is 10.1. The Kier molecular flexibility index (Phi) is 3.03. The first kappa shape index (κ1) is 10.2. The second kappa shape index (κ2) is 3.87. The normalized spacial score (nSPS) is 9.85. The fraction of sp³-hybridized carbons (Fsp3) is 0.222. The average Bonchev–Trinajstić information content (AvgIpc) is 2.12. The first-order chi connectivity index (χ1) is 6.07. The lowest BCUT2D eigenvalue weighted by Crippen LogP contribution is -2.07. The molecule has 13 heavy (non-hydrogen) atoms. The van der Waals surface area contributed by atoms with Crippen LogP contribution in [0.25, 0.3) is 0 Å². The van der Waals surface area contributed by atoms with Crippen LogP contribution in [0.2, 0.25) is 0 Å². The maximum absolute atomic E-state index is 13.4. The summed E-state index contributed by atoms with van der Waals surface area (Å²) < 4.78 is 18.1. The van der Waals surface area contributed by atoms with E-state index in [-0.39, 0.29) is 10.0 Å². The predicted molar refractivity (Wildman–Crippen MR) is 50.2 cm³/mol. The molecule has 1 aromatic carbocycles. The largest absolute Gasteiger partial charge is 0.465 e. The van der Waals surface area contributed by atoms with Gasteiger partial charge in [0.2, 0.25) is 0 Å². The number of benzene rings is 1. The quantitative estimate of drug-likeness (QED) is 0.713. The summed E-state index contributed by atoms with van der Waals surface area (Å²) in [4.78, 5) is 11.1. The van der Waals surface area contributed by atoms with E-state index in [4.69, 9.17) is 0 Å². The fourth-order valence-corrected chi connectivity index (χ4v) is 1.33. The molecule has 0 aliphatic heterocycles. The van der Waals surface area contributed by atoms with E-state index < -0.39 is 11.8 Å². The van der Waals surface area contributed by atoms with Crippen LogP contribution in [-0.4, -0.2) is 13.1 Å². The smallest absolute Gasteiger partial charge is 0.341 e. The van der Waals surface area contributed by atoms with Crippen LogP contribution in [0.3, 0.4) is 0 Å². The third kappa shape index (κ3) is 1.88. The minimum Gasteiger partial charge on any atom is -0.465 e. The Morgan fingerprint density at radius 1 is 1.54 bits per heavy atom. The zero-order valence-electron chi connectivity index (χ0n) is 7.23. The van der Waals surface area contributed by atoms with Crippen molar-refractivity contribution in [3.05, 3.63) is 33.5 Å². The van der Waals surface area contributed by atoms with Crippen molar-refractivity contribution in [3.63, 3.8) is 0 Å². The molecule has 0 aliphatic rings. The van der Waals surface area contributed by atoms with E-state index in [1.807, 2.05) is 0 Å². The summed E-state index contributed by atoms with van der Waals surface area (Å²) in [5, 5.41) is 0. The third-order valence-corrected chi connectivity index (χ3v) is 2.31. The Morgan fingerprint density at radius 2 is 2.15 bits per heavy atom. The van der Waals surface area contributed by atoms with E-state index in [0.29, 0.717) is 5.56 Å². The molecular weight excluding hydrogens is 239 g/mol. The molecule has 0 spiro atoms. The number of ether oxygens (including phenoxy) is 1. The van der Waals surface area contributed by atoms with Crippen molar-refractivity contribution < 1.29 is 13.9 Å². The van der Waals surface area contributed by atoms with E-state index in [9.17, 15) is 9.18 Å². The molecule has 0 unspecified atom stereocenters. The van der Waals surface area contributed by atoms with Gasteiger partial charge >= 0.3 is 5.97 Å². The molecule has 0 N–H and O–H groups in total. The predicted octanol–water partition coefficient (Wildman–Crippen LogP) is 2.68. The highest BCUT2D eigenvalue weighted by Gasteiger charge is 2.17. The molecule has 0 saturated heterocycles. The number of rotatable bonds is 1. The molecule has 0 radical (unpaired) electrons. The van der Waals surface area contributed by atoms with Gasteiger partial charge in [-0.3, -0.25) is 0 Å². The number of hydrogen-bond acceptors (Lipinski definition) is 2. The Morgan fingerprint density at radius 3 is 2.69 bits per heavy atom. The molecule has 0 aromatic heterocycles. The first-order valence-electron chi connectivity index (χ1n) is 3.61. The number of carbonyl (C=O) groups is 1. The summed E-state index contributed by atoms with van der Waals surface area (Å²) in [7, 11) is 1.22. The molecule has 0 atom stereocenters. The third-order valence-electron chi connectivity index (χ3n) is 1.69. The average molecular weight is 247 g/mol. The lowest BCUT2D eigenvalue weighted by Gasteiger charge is -2.05. The monoisotopic (exact) mass is 246 g/mol. The maximum atomic E-state index is 13.4. The van der Waals surface area contributed by atoms with Crippen molar-refractivity contribution in [2.24, 2.45) is 0 Å². The Labute approximate surface area is 83.8 Å². The molecule has 2 nitrogen and oxygen atoms in total. The maximum Gasteiger partial charge on any atom is 0.341 e. The van der Waals surface area contributed by atoms with Gasteiger partial charge in [-0.2, -0.15) is 0 Å². The van der Waals surface area contributed by atoms with Gasteiger partial charge in [0.25, 0.3) is 0 Å². The van der Waals surface area contributed by atoms with Crippen molar-refractivity contribution in [2.45, 2.75) is 6.92 Å². The molecule has 0 amide bonds. The zero-order valence-corrected chi connectivity index (χ0v) is 8.81. The lowest BCUT2D eigenvalue weighted by molar-refractivity contribution is 0.0594. The molecule has 0 fully saturated rings. The Bertz CT molecular complexity index is 350. The van der Waals surface area contributed by atoms with Crippen LogP contribution in [0.5, 0.6) is 0 Å². The second-order valence-corrected chi connectivity index (χ2v) is 3.40. The number of methoxy groups -OCH3 is 1. The number of hydrogen-bond donors (Lipinski definition) is 0. The highest BCUT2D eigenvalue weighted by Crippen LogP contribution is 2.22. The van der Waals surface area contributed by atoms with Gasteiger partial charge in [-0.05, 0) is 34.5 Å².